The molecule has 8 nitrogen and oxygen atoms in total. The Hall–Kier alpha value is -4.42. The van der Waals surface area contributed by atoms with Crippen LogP contribution in [0.4, 0.5) is 22.0 Å². The SMILES string of the molecule is Cn1cc(-c2n[nH]c(=O)n2-c2cn(C3CCC(NC(=O)C(F)(F)F)CC3)c3ccc(F)cc23)c2cc(F)ccc21. The van der Waals surface area contributed by atoms with E-state index in [1.54, 1.807) is 36.1 Å². The molecule has 3 aromatic heterocycles. The average Bonchev–Trinajstić information content (AvgIpc) is 3.56. The van der Waals surface area contributed by atoms with E-state index in [-0.39, 0.29) is 11.9 Å². The number of hydrogen-bond donors (Lipinski definition) is 2. The standard InChI is InChI=1S/C27H23F5N6O2/c1-36-12-20(18-10-14(28)2-8-21(18)36)24-34-35-26(40)38(24)23-13-37(22-9-3-15(29)11-19(22)23)17-6-4-16(5-7-17)33-25(39)27(30,31)32/h2-3,8-13,16-17H,4-7H2,1H3,(H,33,39)(H,35,40). The van der Waals surface area contributed by atoms with Crippen molar-refractivity contribution in [1.29, 1.82) is 0 Å². The molecule has 5 aromatic rings. The Morgan fingerprint density at radius 2 is 1.62 bits per heavy atom. The third kappa shape index (κ3) is 4.34. The van der Waals surface area contributed by atoms with Gasteiger partial charge in [-0.25, -0.2) is 23.2 Å². The van der Waals surface area contributed by atoms with E-state index in [1.807, 2.05) is 9.88 Å². The number of rotatable bonds is 4. The third-order valence-corrected chi connectivity index (χ3v) is 7.56. The van der Waals surface area contributed by atoms with Crippen molar-refractivity contribution < 1.29 is 26.7 Å². The van der Waals surface area contributed by atoms with Crippen LogP contribution >= 0.6 is 0 Å². The molecule has 6 rings (SSSR count). The lowest BCUT2D eigenvalue weighted by molar-refractivity contribution is -0.174. The van der Waals surface area contributed by atoms with Gasteiger partial charge in [-0.2, -0.15) is 18.3 Å². The van der Waals surface area contributed by atoms with Crippen LogP contribution < -0.4 is 11.0 Å². The topological polar surface area (TPSA) is 89.6 Å². The smallest absolute Gasteiger partial charge is 0.350 e. The first-order valence-electron chi connectivity index (χ1n) is 12.6. The second-order valence-corrected chi connectivity index (χ2v) is 10.1. The van der Waals surface area contributed by atoms with Crippen LogP contribution in [-0.2, 0) is 11.8 Å². The Labute approximate surface area is 223 Å². The summed E-state index contributed by atoms with van der Waals surface area (Å²) in [5, 5.41) is 9.68. The molecule has 0 saturated heterocycles. The van der Waals surface area contributed by atoms with Gasteiger partial charge in [0.25, 0.3) is 0 Å². The molecule has 13 heteroatoms. The van der Waals surface area contributed by atoms with Gasteiger partial charge in [0, 0.05) is 53.4 Å². The van der Waals surface area contributed by atoms with Crippen LogP contribution in [0.15, 0.2) is 53.6 Å². The Morgan fingerprint density at radius 1 is 0.975 bits per heavy atom. The highest BCUT2D eigenvalue weighted by molar-refractivity contribution is 5.96. The maximum absolute atomic E-state index is 14.5. The number of nitrogens with one attached hydrogen (secondary N) is 2. The summed E-state index contributed by atoms with van der Waals surface area (Å²) < 4.78 is 71.7. The van der Waals surface area contributed by atoms with Crippen LogP contribution in [0.3, 0.4) is 0 Å². The number of benzene rings is 2. The predicted molar refractivity (Wildman–Crippen MR) is 137 cm³/mol. The molecule has 1 fully saturated rings. The number of alkyl halides is 3. The molecule has 208 valence electrons. The molecule has 3 heterocycles. The van der Waals surface area contributed by atoms with Crippen molar-refractivity contribution >= 4 is 27.7 Å². The van der Waals surface area contributed by atoms with Gasteiger partial charge in [-0.05, 0) is 62.1 Å². The molecule has 0 unspecified atom stereocenters. The van der Waals surface area contributed by atoms with Crippen molar-refractivity contribution in [3.63, 3.8) is 0 Å². The van der Waals surface area contributed by atoms with Crippen molar-refractivity contribution in [3.05, 3.63) is 70.9 Å². The first kappa shape index (κ1) is 25.8. The van der Waals surface area contributed by atoms with E-state index >= 15 is 0 Å². The monoisotopic (exact) mass is 558 g/mol. The molecule has 1 aliphatic carbocycles. The Kier molecular flexibility index (Phi) is 6.04. The summed E-state index contributed by atoms with van der Waals surface area (Å²) in [6.45, 7) is 0. The van der Waals surface area contributed by atoms with E-state index in [4.69, 9.17) is 0 Å². The molecule has 2 N–H and O–H groups in total. The minimum absolute atomic E-state index is 0.168. The van der Waals surface area contributed by atoms with Crippen LogP contribution in [0.5, 0.6) is 0 Å². The lowest BCUT2D eigenvalue weighted by atomic mass is 9.91. The molecule has 0 atom stereocenters. The van der Waals surface area contributed by atoms with Gasteiger partial charge in [0.2, 0.25) is 0 Å². The Balaban J connectivity index is 1.41. The normalized spacial score (nSPS) is 18.1. The average molecular weight is 559 g/mol. The lowest BCUT2D eigenvalue weighted by Crippen LogP contribution is -2.44. The molecule has 0 radical (unpaired) electrons. The zero-order chi connectivity index (χ0) is 28.3. The number of aromatic nitrogens is 5. The van der Waals surface area contributed by atoms with E-state index in [2.05, 4.69) is 10.2 Å². The summed E-state index contributed by atoms with van der Waals surface area (Å²) in [4.78, 5) is 24.5. The highest BCUT2D eigenvalue weighted by Gasteiger charge is 2.40. The van der Waals surface area contributed by atoms with Crippen LogP contribution in [0.25, 0.3) is 38.9 Å². The number of H-pyrrole nitrogens is 1. The van der Waals surface area contributed by atoms with Crippen molar-refractivity contribution in [1.82, 2.24) is 29.2 Å². The van der Waals surface area contributed by atoms with Gasteiger partial charge in [-0.15, -0.1) is 0 Å². The van der Waals surface area contributed by atoms with Gasteiger partial charge < -0.3 is 14.5 Å². The van der Waals surface area contributed by atoms with E-state index in [0.717, 1.165) is 5.52 Å². The summed E-state index contributed by atoms with van der Waals surface area (Å²) in [7, 11) is 1.79. The number of carbonyl (C=O) groups is 1. The minimum Gasteiger partial charge on any atom is -0.350 e. The molecule has 0 aliphatic heterocycles. The van der Waals surface area contributed by atoms with Gasteiger partial charge in [0.15, 0.2) is 5.82 Å². The number of aryl methyl sites for hydroxylation is 1. The van der Waals surface area contributed by atoms with Gasteiger partial charge in [0.05, 0.1) is 11.2 Å². The zero-order valence-electron chi connectivity index (χ0n) is 21.1. The van der Waals surface area contributed by atoms with E-state index in [9.17, 15) is 31.5 Å². The number of carbonyl (C=O) groups excluding carboxylic acids is 1. The second-order valence-electron chi connectivity index (χ2n) is 10.1. The van der Waals surface area contributed by atoms with Gasteiger partial charge in [-0.1, -0.05) is 0 Å². The summed E-state index contributed by atoms with van der Waals surface area (Å²) >= 11 is 0. The predicted octanol–water partition coefficient (Wildman–Crippen LogP) is 5.11. The fourth-order valence-corrected chi connectivity index (χ4v) is 5.70. The summed E-state index contributed by atoms with van der Waals surface area (Å²) in [6.07, 6.45) is 0.0422. The molecule has 40 heavy (non-hydrogen) atoms. The first-order chi connectivity index (χ1) is 19.0. The van der Waals surface area contributed by atoms with Gasteiger partial charge in [-0.3, -0.25) is 4.79 Å². The van der Waals surface area contributed by atoms with Crippen LogP contribution in [0.2, 0.25) is 0 Å². The fourth-order valence-electron chi connectivity index (χ4n) is 5.70. The summed E-state index contributed by atoms with van der Waals surface area (Å²) in [6, 6.07) is 7.72. The molecular weight excluding hydrogens is 535 g/mol. The molecule has 1 amide bonds. The number of aromatic amines is 1. The molecule has 1 aliphatic rings. The highest BCUT2D eigenvalue weighted by Crippen LogP contribution is 2.37. The second kappa shape index (κ2) is 9.35. The van der Waals surface area contributed by atoms with Crippen LogP contribution in [-0.4, -0.2) is 42.0 Å². The summed E-state index contributed by atoms with van der Waals surface area (Å²) in [5.41, 5.74) is 1.62. The fraction of sp³-hybridized carbons (Fsp3) is 0.296. The highest BCUT2D eigenvalue weighted by atomic mass is 19.4. The van der Waals surface area contributed by atoms with Gasteiger partial charge >= 0.3 is 17.8 Å². The number of halogens is 5. The number of nitrogens with zero attached hydrogens (tertiary/aromatic N) is 4. The largest absolute Gasteiger partial charge is 0.471 e. The molecule has 2 aromatic carbocycles. The lowest BCUT2D eigenvalue weighted by Gasteiger charge is -2.30. The third-order valence-electron chi connectivity index (χ3n) is 7.56. The number of fused-ring (bicyclic) bond motifs is 2. The zero-order valence-corrected chi connectivity index (χ0v) is 21.1. The maximum atomic E-state index is 14.5. The van der Waals surface area contributed by atoms with Crippen molar-refractivity contribution in [2.45, 2.75) is 43.9 Å². The molecule has 1 saturated carbocycles. The minimum atomic E-state index is -4.95. The molecular formula is C27H23F5N6O2. The van der Waals surface area contributed by atoms with E-state index < -0.39 is 35.4 Å². The van der Waals surface area contributed by atoms with Crippen molar-refractivity contribution in [2.75, 3.05) is 0 Å². The number of hydrogen-bond acceptors (Lipinski definition) is 3. The Morgan fingerprint density at radius 3 is 2.30 bits per heavy atom. The van der Waals surface area contributed by atoms with E-state index in [1.165, 1.54) is 28.8 Å². The van der Waals surface area contributed by atoms with Crippen molar-refractivity contribution in [3.8, 4) is 17.1 Å². The maximum Gasteiger partial charge on any atom is 0.471 e. The molecule has 0 spiro atoms. The quantitative estimate of drug-likeness (QED) is 0.301. The summed E-state index contributed by atoms with van der Waals surface area (Å²) in [5.74, 6) is -2.72. The molecule has 0 bridgehead atoms. The van der Waals surface area contributed by atoms with Crippen molar-refractivity contribution in [2.24, 2.45) is 7.05 Å². The Bertz CT molecular complexity index is 1820. The van der Waals surface area contributed by atoms with Gasteiger partial charge in [0.1, 0.15) is 11.6 Å². The number of amides is 1. The first-order valence-corrected chi connectivity index (χ1v) is 12.6. The van der Waals surface area contributed by atoms with Crippen LogP contribution in [0.1, 0.15) is 31.7 Å². The van der Waals surface area contributed by atoms with Crippen LogP contribution in [0, 0.1) is 11.6 Å². The van der Waals surface area contributed by atoms with E-state index in [0.29, 0.717) is 53.2 Å².